The minimum Gasteiger partial charge on any atom is -0.480 e. The average molecular weight is 305 g/mol. The number of carboxylic acids is 1. The second-order valence-corrected chi connectivity index (χ2v) is 4.87. The summed E-state index contributed by atoms with van der Waals surface area (Å²) in [6.45, 7) is 0. The number of pyridine rings is 1. The summed E-state index contributed by atoms with van der Waals surface area (Å²) in [5.74, 6) is -0.327. The molecule has 0 unspecified atom stereocenters. The molecule has 9 heteroatoms. The SMILES string of the molecule is O=C(O)[C@@H](CCS)n1ccc2c(cnc3ncnn32)c1=O. The zero-order valence-electron chi connectivity index (χ0n) is 10.7. The van der Waals surface area contributed by atoms with Gasteiger partial charge in [0, 0.05) is 12.4 Å². The molecular weight excluding hydrogens is 294 g/mol. The Kier molecular flexibility index (Phi) is 3.34. The predicted molar refractivity (Wildman–Crippen MR) is 77.7 cm³/mol. The fraction of sp³-hybridized carbons (Fsp3) is 0.250. The molecule has 3 heterocycles. The summed E-state index contributed by atoms with van der Waals surface area (Å²) < 4.78 is 2.63. The van der Waals surface area contributed by atoms with Crippen LogP contribution in [0.4, 0.5) is 0 Å². The van der Waals surface area contributed by atoms with Gasteiger partial charge in [-0.3, -0.25) is 4.79 Å². The normalized spacial score (nSPS) is 12.8. The van der Waals surface area contributed by atoms with Crippen LogP contribution in [0, 0.1) is 0 Å². The van der Waals surface area contributed by atoms with Crippen molar-refractivity contribution in [3.05, 3.63) is 35.1 Å². The lowest BCUT2D eigenvalue weighted by atomic mass is 10.2. The molecule has 0 fully saturated rings. The number of hydrogen-bond donors (Lipinski definition) is 2. The fourth-order valence-electron chi connectivity index (χ4n) is 2.23. The highest BCUT2D eigenvalue weighted by Crippen LogP contribution is 2.14. The first-order chi connectivity index (χ1) is 10.1. The molecule has 0 aliphatic carbocycles. The topological polar surface area (TPSA) is 102 Å². The van der Waals surface area contributed by atoms with E-state index in [0.717, 1.165) is 0 Å². The summed E-state index contributed by atoms with van der Waals surface area (Å²) in [6.07, 6.45) is 4.43. The Morgan fingerprint density at radius 2 is 2.24 bits per heavy atom. The molecule has 0 amide bonds. The quantitative estimate of drug-likeness (QED) is 0.676. The second-order valence-electron chi connectivity index (χ2n) is 4.42. The number of fused-ring (bicyclic) bond motifs is 3. The van der Waals surface area contributed by atoms with Crippen LogP contribution >= 0.6 is 12.6 Å². The third-order valence-corrected chi connectivity index (χ3v) is 3.48. The van der Waals surface area contributed by atoms with Crippen LogP contribution in [0.3, 0.4) is 0 Å². The standard InChI is InChI=1S/C12H11N5O3S/c18-10-7-5-13-12-14-6-15-17(12)8(7)1-3-16(10)9(2-4-21)11(19)20/h1,3,5-6,9,21H,2,4H2,(H,19,20)/t9-/m1/s1. The van der Waals surface area contributed by atoms with Crippen molar-refractivity contribution in [3.63, 3.8) is 0 Å². The van der Waals surface area contributed by atoms with Gasteiger partial charge in [-0.1, -0.05) is 0 Å². The Morgan fingerprint density at radius 1 is 1.43 bits per heavy atom. The minimum atomic E-state index is -1.07. The number of carbonyl (C=O) groups is 1. The molecule has 0 aliphatic rings. The third-order valence-electron chi connectivity index (χ3n) is 3.22. The van der Waals surface area contributed by atoms with Gasteiger partial charge in [-0.2, -0.15) is 27.2 Å². The lowest BCUT2D eigenvalue weighted by Gasteiger charge is -2.15. The Labute approximate surface area is 123 Å². The maximum Gasteiger partial charge on any atom is 0.326 e. The molecule has 0 saturated heterocycles. The van der Waals surface area contributed by atoms with Crippen LogP contribution in [0.15, 0.2) is 29.6 Å². The van der Waals surface area contributed by atoms with Gasteiger partial charge in [0.2, 0.25) is 0 Å². The van der Waals surface area contributed by atoms with Crippen molar-refractivity contribution in [1.82, 2.24) is 24.1 Å². The van der Waals surface area contributed by atoms with Gasteiger partial charge in [0.05, 0.1) is 10.9 Å². The van der Waals surface area contributed by atoms with E-state index in [4.69, 9.17) is 0 Å². The van der Waals surface area contributed by atoms with Gasteiger partial charge >= 0.3 is 5.97 Å². The fourth-order valence-corrected chi connectivity index (χ4v) is 2.47. The van der Waals surface area contributed by atoms with Crippen molar-refractivity contribution in [2.45, 2.75) is 12.5 Å². The van der Waals surface area contributed by atoms with E-state index in [1.165, 1.54) is 27.8 Å². The van der Waals surface area contributed by atoms with E-state index in [-0.39, 0.29) is 6.42 Å². The van der Waals surface area contributed by atoms with E-state index in [2.05, 4.69) is 27.7 Å². The van der Waals surface area contributed by atoms with Gasteiger partial charge in [0.1, 0.15) is 12.4 Å². The molecule has 0 aromatic carbocycles. The molecule has 0 saturated carbocycles. The van der Waals surface area contributed by atoms with E-state index in [9.17, 15) is 14.7 Å². The van der Waals surface area contributed by atoms with Crippen LogP contribution in [-0.4, -0.2) is 41.0 Å². The Hall–Kier alpha value is -2.42. The van der Waals surface area contributed by atoms with Crippen LogP contribution in [0.1, 0.15) is 12.5 Å². The molecule has 3 aromatic heterocycles. The van der Waals surface area contributed by atoms with Crippen LogP contribution in [0.5, 0.6) is 0 Å². The first-order valence-corrected chi connectivity index (χ1v) is 6.80. The summed E-state index contributed by atoms with van der Waals surface area (Å²) in [7, 11) is 0. The zero-order valence-corrected chi connectivity index (χ0v) is 11.6. The number of aliphatic carboxylic acids is 1. The maximum atomic E-state index is 12.5. The molecule has 8 nitrogen and oxygen atoms in total. The number of carboxylic acid groups (broad SMARTS) is 1. The van der Waals surface area contributed by atoms with Crippen LogP contribution in [-0.2, 0) is 4.79 Å². The van der Waals surface area contributed by atoms with Gasteiger partial charge in [-0.25, -0.2) is 9.78 Å². The summed E-state index contributed by atoms with van der Waals surface area (Å²) in [5, 5.41) is 13.5. The average Bonchev–Trinajstić information content (AvgIpc) is 2.94. The van der Waals surface area contributed by atoms with Crippen LogP contribution < -0.4 is 5.56 Å². The molecule has 0 radical (unpaired) electrons. The van der Waals surface area contributed by atoms with Gasteiger partial charge in [0.15, 0.2) is 0 Å². The van der Waals surface area contributed by atoms with E-state index in [1.54, 1.807) is 6.07 Å². The highest BCUT2D eigenvalue weighted by molar-refractivity contribution is 7.80. The highest BCUT2D eigenvalue weighted by Gasteiger charge is 2.21. The van der Waals surface area contributed by atoms with Crippen molar-refractivity contribution < 1.29 is 9.90 Å². The highest BCUT2D eigenvalue weighted by atomic mass is 32.1. The van der Waals surface area contributed by atoms with Crippen LogP contribution in [0.25, 0.3) is 16.7 Å². The van der Waals surface area contributed by atoms with Crippen molar-refractivity contribution in [2.24, 2.45) is 0 Å². The predicted octanol–water partition coefficient (Wildman–Crippen LogP) is 0.385. The molecule has 1 N–H and O–H groups in total. The summed E-state index contributed by atoms with van der Waals surface area (Å²) in [6, 6.07) is 0.681. The largest absolute Gasteiger partial charge is 0.480 e. The third kappa shape index (κ3) is 2.15. The molecule has 3 rings (SSSR count). The van der Waals surface area contributed by atoms with Gasteiger partial charge in [-0.05, 0) is 18.2 Å². The second kappa shape index (κ2) is 5.17. The minimum absolute atomic E-state index is 0.253. The molecule has 21 heavy (non-hydrogen) atoms. The number of nitrogens with zero attached hydrogens (tertiary/aromatic N) is 5. The lowest BCUT2D eigenvalue weighted by Crippen LogP contribution is -2.30. The Morgan fingerprint density at radius 3 is 2.95 bits per heavy atom. The van der Waals surface area contributed by atoms with Gasteiger partial charge < -0.3 is 9.67 Å². The van der Waals surface area contributed by atoms with E-state index < -0.39 is 17.6 Å². The first-order valence-electron chi connectivity index (χ1n) is 6.16. The van der Waals surface area contributed by atoms with E-state index in [0.29, 0.717) is 22.4 Å². The molecule has 0 aliphatic heterocycles. The Balaban J connectivity index is 2.27. The molecule has 0 bridgehead atoms. The molecule has 0 spiro atoms. The van der Waals surface area contributed by atoms with Crippen molar-refractivity contribution in [1.29, 1.82) is 0 Å². The van der Waals surface area contributed by atoms with Gasteiger partial charge in [-0.15, -0.1) is 0 Å². The van der Waals surface area contributed by atoms with E-state index in [1.807, 2.05) is 0 Å². The number of thiol groups is 1. The zero-order chi connectivity index (χ0) is 15.0. The van der Waals surface area contributed by atoms with Crippen molar-refractivity contribution >= 4 is 35.3 Å². The first kappa shape index (κ1) is 13.6. The molecule has 108 valence electrons. The number of hydrogen-bond acceptors (Lipinski definition) is 6. The summed E-state index contributed by atoms with van der Waals surface area (Å²) >= 11 is 4.04. The Bertz CT molecular complexity index is 887. The maximum absolute atomic E-state index is 12.5. The summed E-state index contributed by atoms with van der Waals surface area (Å²) in [4.78, 5) is 31.8. The van der Waals surface area contributed by atoms with E-state index >= 15 is 0 Å². The number of aromatic nitrogens is 5. The van der Waals surface area contributed by atoms with Gasteiger partial charge in [0.25, 0.3) is 11.3 Å². The molecule has 3 aromatic rings. The number of rotatable bonds is 4. The van der Waals surface area contributed by atoms with Crippen LogP contribution in [0.2, 0.25) is 0 Å². The smallest absolute Gasteiger partial charge is 0.326 e. The lowest BCUT2D eigenvalue weighted by molar-refractivity contribution is -0.141. The van der Waals surface area contributed by atoms with Crippen molar-refractivity contribution in [2.75, 3.05) is 5.75 Å². The molecular formula is C12H11N5O3S. The summed E-state index contributed by atoms with van der Waals surface area (Å²) in [5.41, 5.74) is 0.111. The monoisotopic (exact) mass is 305 g/mol. The molecule has 1 atom stereocenters. The van der Waals surface area contributed by atoms with Crippen molar-refractivity contribution in [3.8, 4) is 0 Å².